The molecule has 0 saturated carbocycles. The molecule has 0 spiro atoms. The Labute approximate surface area is 115 Å². The van der Waals surface area contributed by atoms with Crippen molar-refractivity contribution in [1.82, 2.24) is 0 Å². The highest BCUT2D eigenvalue weighted by Crippen LogP contribution is 2.15. The van der Waals surface area contributed by atoms with Crippen molar-refractivity contribution in [3.63, 3.8) is 0 Å². The molecule has 0 aliphatic rings. The van der Waals surface area contributed by atoms with Gasteiger partial charge in [0, 0.05) is 0 Å². The Morgan fingerprint density at radius 3 is 2.32 bits per heavy atom. The van der Waals surface area contributed by atoms with Crippen LogP contribution in [0.25, 0.3) is 0 Å². The number of carbonyl (C=O) groups is 1. The maximum Gasteiger partial charge on any atom is 0.513 e. The number of hydrogen-bond donors (Lipinski definition) is 0. The van der Waals surface area contributed by atoms with Gasteiger partial charge in [0.05, 0.1) is 6.61 Å². The van der Waals surface area contributed by atoms with Crippen molar-refractivity contribution in [3.05, 3.63) is 29.8 Å². The Morgan fingerprint density at radius 2 is 1.68 bits per heavy atom. The zero-order chi connectivity index (χ0) is 13.9. The van der Waals surface area contributed by atoms with Crippen LogP contribution < -0.4 is 4.74 Å². The van der Waals surface area contributed by atoms with Gasteiger partial charge in [0.25, 0.3) is 0 Å². The van der Waals surface area contributed by atoms with Gasteiger partial charge in [0.1, 0.15) is 5.75 Å². The first-order chi connectivity index (χ1) is 9.26. The van der Waals surface area contributed by atoms with E-state index < -0.39 is 6.16 Å². The van der Waals surface area contributed by atoms with Gasteiger partial charge in [-0.3, -0.25) is 0 Å². The number of hydrogen-bond acceptors (Lipinski definition) is 3. The fourth-order valence-electron chi connectivity index (χ4n) is 1.90. The number of carbonyl (C=O) groups excluding carboxylic acids is 1. The van der Waals surface area contributed by atoms with Crippen LogP contribution in [0.15, 0.2) is 24.3 Å². The smallest absolute Gasteiger partial charge is 0.434 e. The summed E-state index contributed by atoms with van der Waals surface area (Å²) in [4.78, 5) is 11.1. The molecule has 0 atom stereocenters. The van der Waals surface area contributed by atoms with Gasteiger partial charge in [0.2, 0.25) is 0 Å². The monoisotopic (exact) mass is 264 g/mol. The molecule has 1 rings (SSSR count). The first kappa shape index (κ1) is 15.5. The highest BCUT2D eigenvalue weighted by molar-refractivity contribution is 5.63. The molecule has 1 aromatic carbocycles. The molecular formula is C16H24O3. The third-order valence-corrected chi connectivity index (χ3v) is 2.96. The predicted octanol–water partition coefficient (Wildman–Crippen LogP) is 4.73. The number of unbranched alkanes of at least 4 members (excludes halogenated alkanes) is 4. The molecule has 0 amide bonds. The van der Waals surface area contributed by atoms with E-state index in [1.807, 2.05) is 24.3 Å². The van der Waals surface area contributed by atoms with E-state index in [1.165, 1.54) is 37.7 Å². The summed E-state index contributed by atoms with van der Waals surface area (Å²) in [5.41, 5.74) is 1.28. The highest BCUT2D eigenvalue weighted by atomic mass is 16.7. The third-order valence-electron chi connectivity index (χ3n) is 2.96. The van der Waals surface area contributed by atoms with Crippen molar-refractivity contribution >= 4 is 6.16 Å². The van der Waals surface area contributed by atoms with Crippen LogP contribution in [0.4, 0.5) is 4.79 Å². The lowest BCUT2D eigenvalue weighted by Crippen LogP contribution is -2.09. The average Bonchev–Trinajstić information content (AvgIpc) is 2.41. The van der Waals surface area contributed by atoms with Gasteiger partial charge < -0.3 is 9.47 Å². The van der Waals surface area contributed by atoms with Gasteiger partial charge in [-0.2, -0.15) is 0 Å². The van der Waals surface area contributed by atoms with E-state index >= 15 is 0 Å². The fraction of sp³-hybridized carbons (Fsp3) is 0.562. The summed E-state index contributed by atoms with van der Waals surface area (Å²) < 4.78 is 9.72. The van der Waals surface area contributed by atoms with Crippen LogP contribution in [0.2, 0.25) is 0 Å². The SMILES string of the molecule is CCCCCCCc1ccc(OC(=O)OCC)cc1. The Kier molecular flexibility index (Phi) is 7.71. The van der Waals surface area contributed by atoms with Gasteiger partial charge in [-0.05, 0) is 37.5 Å². The normalized spacial score (nSPS) is 10.2. The number of ether oxygens (including phenoxy) is 2. The molecule has 3 heteroatoms. The Hall–Kier alpha value is -1.51. The molecule has 0 radical (unpaired) electrons. The molecule has 0 saturated heterocycles. The quantitative estimate of drug-likeness (QED) is 0.386. The first-order valence-corrected chi connectivity index (χ1v) is 7.19. The highest BCUT2D eigenvalue weighted by Gasteiger charge is 2.04. The van der Waals surface area contributed by atoms with E-state index in [2.05, 4.69) is 6.92 Å². The molecule has 0 aromatic heterocycles. The van der Waals surface area contributed by atoms with Gasteiger partial charge in [0.15, 0.2) is 0 Å². The van der Waals surface area contributed by atoms with Crippen LogP contribution in [0, 0.1) is 0 Å². The molecule has 0 fully saturated rings. The minimum atomic E-state index is -0.644. The van der Waals surface area contributed by atoms with Crippen LogP contribution >= 0.6 is 0 Å². The van der Waals surface area contributed by atoms with Gasteiger partial charge in [-0.1, -0.05) is 44.7 Å². The van der Waals surface area contributed by atoms with Crippen molar-refractivity contribution in [2.24, 2.45) is 0 Å². The van der Waals surface area contributed by atoms with Crippen LogP contribution in [0.5, 0.6) is 5.75 Å². The van der Waals surface area contributed by atoms with E-state index in [-0.39, 0.29) is 0 Å². The largest absolute Gasteiger partial charge is 0.513 e. The Balaban J connectivity index is 2.29. The number of rotatable bonds is 8. The molecule has 0 N–H and O–H groups in total. The van der Waals surface area contributed by atoms with E-state index in [0.717, 1.165) is 6.42 Å². The van der Waals surface area contributed by atoms with Crippen molar-refractivity contribution in [3.8, 4) is 5.75 Å². The molecule has 1 aromatic rings. The molecule has 3 nitrogen and oxygen atoms in total. The second-order valence-corrected chi connectivity index (χ2v) is 4.59. The van der Waals surface area contributed by atoms with Crippen LogP contribution in [0.3, 0.4) is 0 Å². The van der Waals surface area contributed by atoms with E-state index in [1.54, 1.807) is 6.92 Å². The minimum Gasteiger partial charge on any atom is -0.434 e. The summed E-state index contributed by atoms with van der Waals surface area (Å²) in [5, 5.41) is 0. The Morgan fingerprint density at radius 1 is 1.00 bits per heavy atom. The number of aryl methyl sites for hydroxylation is 1. The lowest BCUT2D eigenvalue weighted by atomic mass is 10.1. The maximum atomic E-state index is 11.1. The van der Waals surface area contributed by atoms with Crippen molar-refractivity contribution < 1.29 is 14.3 Å². The number of benzene rings is 1. The molecule has 0 aliphatic carbocycles. The molecule has 106 valence electrons. The van der Waals surface area contributed by atoms with E-state index in [4.69, 9.17) is 9.47 Å². The first-order valence-electron chi connectivity index (χ1n) is 7.19. The minimum absolute atomic E-state index is 0.328. The van der Waals surface area contributed by atoms with Gasteiger partial charge in [-0.25, -0.2) is 4.79 Å². The summed E-state index contributed by atoms with van der Waals surface area (Å²) in [7, 11) is 0. The van der Waals surface area contributed by atoms with Crippen LogP contribution in [-0.2, 0) is 11.2 Å². The molecule has 0 heterocycles. The van der Waals surface area contributed by atoms with Crippen LogP contribution in [-0.4, -0.2) is 12.8 Å². The average molecular weight is 264 g/mol. The molecule has 0 bridgehead atoms. The fourth-order valence-corrected chi connectivity index (χ4v) is 1.90. The third kappa shape index (κ3) is 6.85. The Bertz CT molecular complexity index is 357. The molecule has 19 heavy (non-hydrogen) atoms. The van der Waals surface area contributed by atoms with Crippen molar-refractivity contribution in [1.29, 1.82) is 0 Å². The van der Waals surface area contributed by atoms with Gasteiger partial charge in [-0.15, -0.1) is 0 Å². The van der Waals surface area contributed by atoms with E-state index in [0.29, 0.717) is 12.4 Å². The summed E-state index contributed by atoms with van der Waals surface area (Å²) in [6.07, 6.45) is 6.87. The van der Waals surface area contributed by atoms with Crippen LogP contribution in [0.1, 0.15) is 51.5 Å². The lowest BCUT2D eigenvalue weighted by Gasteiger charge is -2.05. The van der Waals surface area contributed by atoms with E-state index in [9.17, 15) is 4.79 Å². The topological polar surface area (TPSA) is 35.5 Å². The molecule has 0 unspecified atom stereocenters. The standard InChI is InChI=1S/C16H24O3/c1-3-5-6-7-8-9-14-10-12-15(13-11-14)19-16(17)18-4-2/h10-13H,3-9H2,1-2H3. The molecular weight excluding hydrogens is 240 g/mol. The lowest BCUT2D eigenvalue weighted by molar-refractivity contribution is 0.104. The van der Waals surface area contributed by atoms with Crippen molar-refractivity contribution in [2.45, 2.75) is 52.4 Å². The summed E-state index contributed by atoms with van der Waals surface area (Å²) >= 11 is 0. The predicted molar refractivity (Wildman–Crippen MR) is 76.6 cm³/mol. The second kappa shape index (κ2) is 9.42. The zero-order valence-corrected chi connectivity index (χ0v) is 12.0. The maximum absolute atomic E-state index is 11.1. The summed E-state index contributed by atoms with van der Waals surface area (Å²) in [6, 6.07) is 7.65. The summed E-state index contributed by atoms with van der Waals surface area (Å²) in [5.74, 6) is 0.535. The second-order valence-electron chi connectivity index (χ2n) is 4.59. The summed E-state index contributed by atoms with van der Waals surface area (Å²) in [6.45, 7) is 4.31. The van der Waals surface area contributed by atoms with Gasteiger partial charge >= 0.3 is 6.16 Å². The zero-order valence-electron chi connectivity index (χ0n) is 12.0. The molecule has 0 aliphatic heterocycles. The van der Waals surface area contributed by atoms with Crippen molar-refractivity contribution in [2.75, 3.05) is 6.61 Å².